The Morgan fingerprint density at radius 2 is 1.75 bits per heavy atom. The fourth-order valence-corrected chi connectivity index (χ4v) is 6.64. The van der Waals surface area contributed by atoms with E-state index < -0.39 is 33.1 Å². The average Bonchev–Trinajstić information content (AvgIpc) is 3.12. The van der Waals surface area contributed by atoms with Crippen LogP contribution in [0.2, 0.25) is 0 Å². The van der Waals surface area contributed by atoms with Crippen LogP contribution in [0.25, 0.3) is 0 Å². The molecule has 3 unspecified atom stereocenters. The third-order valence-corrected chi connectivity index (χ3v) is 8.37. The molecule has 1 N–H and O–H groups in total. The predicted octanol–water partition coefficient (Wildman–Crippen LogP) is 3.14. The number of nitrogens with one attached hydrogen (secondary N) is 1. The number of benzene rings is 2. The van der Waals surface area contributed by atoms with Gasteiger partial charge in [0.1, 0.15) is 11.8 Å². The molecule has 1 saturated heterocycles. The summed E-state index contributed by atoms with van der Waals surface area (Å²) in [6.45, 7) is 2.45. The van der Waals surface area contributed by atoms with Crippen LogP contribution < -0.4 is 5.43 Å². The number of carbonyl (C=O) groups is 2. The Hall–Kier alpha value is -2.55. The maximum absolute atomic E-state index is 13.8. The van der Waals surface area contributed by atoms with Crippen molar-refractivity contribution in [2.24, 2.45) is 0 Å². The SMILES string of the molecule is CCOC(=O)C1c2ccccc2C2C(S(=O)(=O)c3ccccc3)CCC(=O)CCCNN12. The van der Waals surface area contributed by atoms with Crippen molar-refractivity contribution in [1.82, 2.24) is 10.4 Å². The number of fused-ring (bicyclic) bond motifs is 3. The molecule has 0 amide bonds. The lowest BCUT2D eigenvalue weighted by molar-refractivity contribution is -0.152. The van der Waals surface area contributed by atoms with Crippen molar-refractivity contribution in [2.75, 3.05) is 13.2 Å². The predicted molar refractivity (Wildman–Crippen MR) is 119 cm³/mol. The van der Waals surface area contributed by atoms with Gasteiger partial charge < -0.3 is 4.74 Å². The molecule has 2 aromatic carbocycles. The minimum atomic E-state index is -3.80. The third kappa shape index (κ3) is 4.22. The van der Waals surface area contributed by atoms with Crippen molar-refractivity contribution in [3.8, 4) is 0 Å². The van der Waals surface area contributed by atoms with E-state index in [-0.39, 0.29) is 30.1 Å². The van der Waals surface area contributed by atoms with E-state index in [1.165, 1.54) is 0 Å². The summed E-state index contributed by atoms with van der Waals surface area (Å²) < 4.78 is 33.0. The third-order valence-electron chi connectivity index (χ3n) is 6.15. The first-order valence-electron chi connectivity index (χ1n) is 11.0. The molecule has 2 aromatic rings. The molecule has 2 aliphatic rings. The van der Waals surface area contributed by atoms with Crippen LogP contribution in [0.3, 0.4) is 0 Å². The molecule has 170 valence electrons. The van der Waals surface area contributed by atoms with Crippen molar-refractivity contribution < 1.29 is 22.7 Å². The van der Waals surface area contributed by atoms with Gasteiger partial charge in [-0.05, 0) is 43.0 Å². The molecule has 0 aromatic heterocycles. The minimum absolute atomic E-state index is 0.0572. The number of rotatable bonds is 4. The zero-order valence-electron chi connectivity index (χ0n) is 18.1. The highest BCUT2D eigenvalue weighted by molar-refractivity contribution is 7.92. The Morgan fingerprint density at radius 1 is 1.06 bits per heavy atom. The van der Waals surface area contributed by atoms with E-state index in [2.05, 4.69) is 5.43 Å². The van der Waals surface area contributed by atoms with Crippen molar-refractivity contribution in [2.45, 2.75) is 54.8 Å². The second-order valence-corrected chi connectivity index (χ2v) is 10.3. The topological polar surface area (TPSA) is 92.8 Å². The summed E-state index contributed by atoms with van der Waals surface area (Å²) in [4.78, 5) is 25.6. The molecule has 4 rings (SSSR count). The fraction of sp³-hybridized carbons (Fsp3) is 0.417. The number of Topliss-reactive ketones (excluding diaryl/α,β-unsaturated/α-hetero) is 1. The molecule has 0 bridgehead atoms. The first-order chi connectivity index (χ1) is 15.4. The van der Waals surface area contributed by atoms with E-state index in [9.17, 15) is 18.0 Å². The molecule has 32 heavy (non-hydrogen) atoms. The average molecular weight is 457 g/mol. The van der Waals surface area contributed by atoms with Crippen LogP contribution >= 0.6 is 0 Å². The first-order valence-corrected chi connectivity index (χ1v) is 12.6. The van der Waals surface area contributed by atoms with Crippen LogP contribution in [0, 0.1) is 0 Å². The van der Waals surface area contributed by atoms with Crippen LogP contribution in [-0.4, -0.2) is 43.6 Å². The molecule has 0 radical (unpaired) electrons. The van der Waals surface area contributed by atoms with Crippen LogP contribution in [0.5, 0.6) is 0 Å². The number of nitrogens with zero attached hydrogens (tertiary/aromatic N) is 1. The van der Waals surface area contributed by atoms with E-state index in [0.717, 1.165) is 11.1 Å². The van der Waals surface area contributed by atoms with Gasteiger partial charge in [0.05, 0.1) is 22.8 Å². The first kappa shape index (κ1) is 22.6. The zero-order valence-corrected chi connectivity index (χ0v) is 18.9. The summed E-state index contributed by atoms with van der Waals surface area (Å²) >= 11 is 0. The molecule has 7 nitrogen and oxygen atoms in total. The summed E-state index contributed by atoms with van der Waals surface area (Å²) in [6, 6.07) is 14.3. The lowest BCUT2D eigenvalue weighted by Gasteiger charge is -2.35. The van der Waals surface area contributed by atoms with Crippen molar-refractivity contribution in [3.63, 3.8) is 0 Å². The Morgan fingerprint density at radius 3 is 2.47 bits per heavy atom. The van der Waals surface area contributed by atoms with Crippen LogP contribution in [0.4, 0.5) is 0 Å². The Labute approximate surface area is 188 Å². The summed E-state index contributed by atoms with van der Waals surface area (Å²) in [5, 5.41) is 0.851. The maximum Gasteiger partial charge on any atom is 0.329 e. The van der Waals surface area contributed by atoms with Crippen molar-refractivity contribution >= 4 is 21.6 Å². The molecule has 1 fully saturated rings. The highest BCUT2D eigenvalue weighted by atomic mass is 32.2. The number of hydrazine groups is 1. The highest BCUT2D eigenvalue weighted by Gasteiger charge is 2.50. The summed E-state index contributed by atoms with van der Waals surface area (Å²) in [5.41, 5.74) is 4.79. The Kier molecular flexibility index (Phi) is 6.74. The largest absolute Gasteiger partial charge is 0.465 e. The number of hydrogen-bond acceptors (Lipinski definition) is 7. The Bertz CT molecular complexity index is 1090. The Balaban J connectivity index is 1.86. The molecular weight excluding hydrogens is 428 g/mol. The number of sulfone groups is 1. The number of ether oxygens (including phenoxy) is 1. The fourth-order valence-electron chi connectivity index (χ4n) is 4.71. The van der Waals surface area contributed by atoms with Gasteiger partial charge in [0.15, 0.2) is 9.84 Å². The van der Waals surface area contributed by atoms with E-state index in [1.807, 2.05) is 24.3 Å². The molecule has 0 spiro atoms. The summed E-state index contributed by atoms with van der Waals surface area (Å²) in [7, 11) is -3.80. The maximum atomic E-state index is 13.8. The normalized spacial score (nSPS) is 24.4. The van der Waals surface area contributed by atoms with Gasteiger partial charge in [0, 0.05) is 19.4 Å². The number of hydrogen-bond donors (Lipinski definition) is 1. The number of ketones is 1. The highest BCUT2D eigenvalue weighted by Crippen LogP contribution is 2.46. The van der Waals surface area contributed by atoms with Crippen LogP contribution in [0.1, 0.15) is 55.8 Å². The van der Waals surface area contributed by atoms with Gasteiger partial charge in [0.2, 0.25) is 0 Å². The van der Waals surface area contributed by atoms with E-state index in [4.69, 9.17) is 4.74 Å². The lowest BCUT2D eigenvalue weighted by atomic mass is 9.97. The lowest BCUT2D eigenvalue weighted by Crippen LogP contribution is -2.48. The summed E-state index contributed by atoms with van der Waals surface area (Å²) in [5.74, 6) is -0.360. The van der Waals surface area contributed by atoms with Gasteiger partial charge in [-0.3, -0.25) is 10.2 Å². The monoisotopic (exact) mass is 456 g/mol. The van der Waals surface area contributed by atoms with Gasteiger partial charge in [-0.2, -0.15) is 0 Å². The molecular formula is C24H28N2O5S. The second kappa shape index (κ2) is 9.52. The van der Waals surface area contributed by atoms with Gasteiger partial charge in [0.25, 0.3) is 0 Å². The number of esters is 1. The van der Waals surface area contributed by atoms with E-state index in [1.54, 1.807) is 42.3 Å². The van der Waals surface area contributed by atoms with Crippen molar-refractivity contribution in [1.29, 1.82) is 0 Å². The standard InChI is InChI=1S/C24H28N2O5S/c1-2-31-24(28)23-20-13-7-6-12-19(20)22-21(32(29,30)18-10-4-3-5-11-18)15-14-17(27)9-8-16-25-26(22)23/h3-7,10-13,21-23,25H,2,8-9,14-16H2,1H3. The molecule has 3 atom stereocenters. The smallest absolute Gasteiger partial charge is 0.329 e. The van der Waals surface area contributed by atoms with Crippen LogP contribution in [-0.2, 0) is 24.2 Å². The number of carbonyl (C=O) groups excluding carboxylic acids is 2. The van der Waals surface area contributed by atoms with Gasteiger partial charge in [-0.25, -0.2) is 18.2 Å². The quantitative estimate of drug-likeness (QED) is 0.707. The van der Waals surface area contributed by atoms with E-state index >= 15 is 0 Å². The minimum Gasteiger partial charge on any atom is -0.465 e. The van der Waals surface area contributed by atoms with Gasteiger partial charge in [-0.15, -0.1) is 0 Å². The van der Waals surface area contributed by atoms with Crippen molar-refractivity contribution in [3.05, 3.63) is 65.7 Å². The molecule has 8 heteroatoms. The van der Waals surface area contributed by atoms with Gasteiger partial charge >= 0.3 is 5.97 Å². The molecule has 0 saturated carbocycles. The van der Waals surface area contributed by atoms with Gasteiger partial charge in [-0.1, -0.05) is 42.5 Å². The molecule has 2 aliphatic heterocycles. The zero-order chi connectivity index (χ0) is 22.7. The molecule has 0 aliphatic carbocycles. The molecule has 2 heterocycles. The van der Waals surface area contributed by atoms with Crippen LogP contribution in [0.15, 0.2) is 59.5 Å². The van der Waals surface area contributed by atoms with E-state index in [0.29, 0.717) is 19.4 Å². The summed E-state index contributed by atoms with van der Waals surface area (Å²) in [6.07, 6.45) is 1.36. The second-order valence-electron chi connectivity index (χ2n) is 8.12.